The van der Waals surface area contributed by atoms with Gasteiger partial charge in [0.2, 0.25) is 0 Å². The van der Waals surface area contributed by atoms with Gasteiger partial charge in [-0.05, 0) is 31.2 Å². The first-order valence-electron chi connectivity index (χ1n) is 10.2. The van der Waals surface area contributed by atoms with Gasteiger partial charge in [0, 0.05) is 25.7 Å². The molecule has 32 heavy (non-hydrogen) atoms. The van der Waals surface area contributed by atoms with Crippen molar-refractivity contribution in [3.63, 3.8) is 0 Å². The first-order valence-corrected chi connectivity index (χ1v) is 11.4. The van der Waals surface area contributed by atoms with E-state index in [0.29, 0.717) is 35.7 Å². The zero-order valence-corrected chi connectivity index (χ0v) is 18.0. The van der Waals surface area contributed by atoms with Gasteiger partial charge in [0.1, 0.15) is 23.5 Å². The second-order valence-corrected chi connectivity index (χ2v) is 8.96. The van der Waals surface area contributed by atoms with Crippen LogP contribution in [0.4, 0.5) is 23.4 Å². The van der Waals surface area contributed by atoms with Crippen LogP contribution >= 0.6 is 11.9 Å². The Labute approximate surface area is 185 Å². The molecule has 1 spiro atoms. The predicted octanol–water partition coefficient (Wildman–Crippen LogP) is 3.84. The molecule has 1 unspecified atom stereocenters. The van der Waals surface area contributed by atoms with Gasteiger partial charge in [0.05, 0.1) is 23.2 Å². The molecular weight excluding hydrogens is 446 g/mol. The van der Waals surface area contributed by atoms with Gasteiger partial charge < -0.3 is 4.90 Å². The van der Waals surface area contributed by atoms with Crippen molar-refractivity contribution in [2.24, 2.45) is 11.3 Å². The predicted molar refractivity (Wildman–Crippen MR) is 113 cm³/mol. The number of hydrogen-bond donors (Lipinski definition) is 1. The minimum absolute atomic E-state index is 0.152. The van der Waals surface area contributed by atoms with Gasteiger partial charge in [-0.3, -0.25) is 4.72 Å². The highest BCUT2D eigenvalue weighted by Gasteiger charge is 2.67. The number of nitrogens with zero attached hydrogens (tertiary/aromatic N) is 6. The van der Waals surface area contributed by atoms with E-state index in [4.69, 9.17) is 0 Å². The molecule has 1 aliphatic heterocycles. The van der Waals surface area contributed by atoms with Crippen molar-refractivity contribution in [1.82, 2.24) is 29.3 Å². The smallest absolute Gasteiger partial charge is 0.282 e. The van der Waals surface area contributed by atoms with Gasteiger partial charge in [-0.15, -0.1) is 0 Å². The third-order valence-corrected chi connectivity index (χ3v) is 6.78. The molecule has 0 amide bonds. The van der Waals surface area contributed by atoms with Gasteiger partial charge in [-0.2, -0.15) is 5.10 Å². The number of piperidine rings is 1. The molecule has 4 heterocycles. The lowest BCUT2D eigenvalue weighted by Gasteiger charge is -2.45. The average molecular weight is 467 g/mol. The van der Waals surface area contributed by atoms with E-state index in [2.05, 4.69) is 24.8 Å². The van der Waals surface area contributed by atoms with Crippen LogP contribution in [0, 0.1) is 11.3 Å². The lowest BCUT2D eigenvalue weighted by Crippen LogP contribution is -2.57. The fourth-order valence-electron chi connectivity index (χ4n) is 4.38. The normalized spacial score (nSPS) is 21.6. The molecule has 1 saturated carbocycles. The number of imidazole rings is 1. The summed E-state index contributed by atoms with van der Waals surface area (Å²) in [5.41, 5.74) is -0.137. The minimum Gasteiger partial charge on any atom is -0.355 e. The summed E-state index contributed by atoms with van der Waals surface area (Å²) >= 11 is 1.32. The molecule has 1 aliphatic carbocycles. The Bertz CT molecular complexity index is 1130. The van der Waals surface area contributed by atoms with E-state index in [1.165, 1.54) is 41.1 Å². The Morgan fingerprint density at radius 3 is 2.75 bits per heavy atom. The highest BCUT2D eigenvalue weighted by Crippen LogP contribution is 2.62. The molecule has 0 aromatic carbocycles. The Kier molecular flexibility index (Phi) is 5.24. The molecule has 5 rings (SSSR count). The van der Waals surface area contributed by atoms with Gasteiger partial charge in [0.15, 0.2) is 5.65 Å². The molecule has 1 atom stereocenters. The quantitative estimate of drug-likeness (QED) is 0.436. The Morgan fingerprint density at radius 1 is 1.22 bits per heavy atom. The first kappa shape index (κ1) is 21.4. The van der Waals surface area contributed by atoms with Crippen LogP contribution in [0.3, 0.4) is 0 Å². The largest absolute Gasteiger partial charge is 0.355 e. The molecule has 7 nitrogen and oxygen atoms in total. The zero-order chi connectivity index (χ0) is 22.5. The maximum atomic E-state index is 15.1. The van der Waals surface area contributed by atoms with Crippen molar-refractivity contribution in [3.8, 4) is 11.4 Å². The molecule has 1 saturated heterocycles. The number of anilines is 1. The van der Waals surface area contributed by atoms with Crippen molar-refractivity contribution in [2.45, 2.75) is 25.2 Å². The molecule has 12 heteroatoms. The van der Waals surface area contributed by atoms with E-state index in [1.807, 2.05) is 11.2 Å². The summed E-state index contributed by atoms with van der Waals surface area (Å²) in [4.78, 5) is 14.7. The van der Waals surface area contributed by atoms with Crippen molar-refractivity contribution in [3.05, 3.63) is 36.4 Å². The van der Waals surface area contributed by atoms with Crippen molar-refractivity contribution < 1.29 is 17.6 Å². The highest BCUT2D eigenvalue weighted by atomic mass is 32.2. The maximum absolute atomic E-state index is 15.1. The lowest BCUT2D eigenvalue weighted by molar-refractivity contribution is -0.128. The monoisotopic (exact) mass is 467 g/mol. The molecular formula is C20H21F4N7S. The molecule has 170 valence electrons. The molecule has 2 aliphatic rings. The van der Waals surface area contributed by atoms with Crippen LogP contribution in [-0.4, -0.2) is 56.4 Å². The Hall–Kier alpha value is -2.47. The van der Waals surface area contributed by atoms with Crippen LogP contribution in [0.2, 0.25) is 0 Å². The summed E-state index contributed by atoms with van der Waals surface area (Å²) in [5, 5.41) is 3.97. The average Bonchev–Trinajstić information content (AvgIpc) is 3.45. The summed E-state index contributed by atoms with van der Waals surface area (Å²) in [6, 6.07) is 4.37. The van der Waals surface area contributed by atoms with Gasteiger partial charge >= 0.3 is 0 Å². The van der Waals surface area contributed by atoms with Crippen molar-refractivity contribution >= 4 is 23.4 Å². The van der Waals surface area contributed by atoms with Crippen LogP contribution in [0.5, 0.6) is 0 Å². The fourth-order valence-corrected chi connectivity index (χ4v) is 4.75. The van der Waals surface area contributed by atoms with E-state index in [1.54, 1.807) is 6.07 Å². The number of fused-ring (bicyclic) bond motifs is 1. The van der Waals surface area contributed by atoms with Crippen LogP contribution in [0.25, 0.3) is 17.0 Å². The molecule has 0 bridgehead atoms. The first-order chi connectivity index (χ1) is 15.3. The number of halogens is 4. The second-order valence-electron chi connectivity index (χ2n) is 8.27. The van der Waals surface area contributed by atoms with E-state index in [-0.39, 0.29) is 25.3 Å². The molecule has 0 radical (unpaired) electrons. The number of alkyl halides is 4. The second kappa shape index (κ2) is 7.84. The molecule has 3 aromatic heterocycles. The van der Waals surface area contributed by atoms with Crippen molar-refractivity contribution in [1.29, 1.82) is 0 Å². The summed E-state index contributed by atoms with van der Waals surface area (Å²) in [7, 11) is 0. The maximum Gasteiger partial charge on any atom is 0.282 e. The number of rotatable bonds is 6. The minimum atomic E-state index is -2.75. The third kappa shape index (κ3) is 3.49. The highest BCUT2D eigenvalue weighted by molar-refractivity contribution is 7.96. The van der Waals surface area contributed by atoms with Crippen LogP contribution in [0.1, 0.15) is 25.0 Å². The summed E-state index contributed by atoms with van der Waals surface area (Å²) < 4.78 is 60.7. The Balaban J connectivity index is 1.48. The topological polar surface area (TPSA) is 71.2 Å². The van der Waals surface area contributed by atoms with E-state index in [9.17, 15) is 8.78 Å². The van der Waals surface area contributed by atoms with Gasteiger partial charge in [-0.25, -0.2) is 37.0 Å². The summed E-state index contributed by atoms with van der Waals surface area (Å²) in [6.07, 6.45) is 2.91. The van der Waals surface area contributed by atoms with Gasteiger partial charge in [-0.1, -0.05) is 11.9 Å². The van der Waals surface area contributed by atoms with E-state index in [0.717, 1.165) is 0 Å². The number of aromatic nitrogens is 5. The summed E-state index contributed by atoms with van der Waals surface area (Å²) in [6.45, 7) is 0.560. The van der Waals surface area contributed by atoms with Crippen LogP contribution < -0.4 is 9.62 Å². The SMILES string of the molecule is CSNCC1CN(c2cc(-c3cnc4ccc(C(F)F)nn34)ncn2)CC2(CC2)C1(F)F. The van der Waals surface area contributed by atoms with Crippen LogP contribution in [-0.2, 0) is 0 Å². The van der Waals surface area contributed by atoms with Gasteiger partial charge in [0.25, 0.3) is 12.3 Å². The standard InChI is InChI=1S/C20H21F4N7S/c1-32-28-7-12-9-30(10-19(4-5-19)20(12,23)24)17-6-14(26-11-27-17)15-8-25-16-3-2-13(18(21)22)29-31(15)16/h2-3,6,8,11-12,18,28H,4-5,7,9-10H2,1H3. The summed E-state index contributed by atoms with van der Waals surface area (Å²) in [5.74, 6) is -3.08. The fraction of sp³-hybridized carbons (Fsp3) is 0.500. The molecule has 2 fully saturated rings. The Morgan fingerprint density at radius 2 is 2.03 bits per heavy atom. The zero-order valence-electron chi connectivity index (χ0n) is 17.2. The van der Waals surface area contributed by atoms with Crippen molar-refractivity contribution in [2.75, 3.05) is 30.8 Å². The number of hydrogen-bond acceptors (Lipinski definition) is 7. The molecule has 3 aromatic rings. The van der Waals surface area contributed by atoms with Crippen LogP contribution in [0.15, 0.2) is 30.7 Å². The molecule has 1 N–H and O–H groups in total. The van der Waals surface area contributed by atoms with E-state index >= 15 is 8.78 Å². The van der Waals surface area contributed by atoms with E-state index < -0.39 is 23.7 Å². The number of nitrogens with one attached hydrogen (secondary N) is 1. The lowest BCUT2D eigenvalue weighted by atomic mass is 9.82. The third-order valence-electron chi connectivity index (χ3n) is 6.33.